The van der Waals surface area contributed by atoms with Crippen molar-refractivity contribution in [2.75, 3.05) is 0 Å². The number of hydrogen-bond donors (Lipinski definition) is 0. The number of allylic oxidation sites excluding steroid dienone is 4. The van der Waals surface area contributed by atoms with Crippen molar-refractivity contribution < 1.29 is 22.5 Å². The lowest BCUT2D eigenvalue weighted by atomic mass is 9.74. The van der Waals surface area contributed by atoms with E-state index >= 15 is 0 Å². The molecule has 0 saturated carbocycles. The zero-order chi connectivity index (χ0) is 19.3. The van der Waals surface area contributed by atoms with Crippen molar-refractivity contribution in [3.8, 4) is 6.07 Å². The summed E-state index contributed by atoms with van der Waals surface area (Å²) in [5, 5.41) is 9.17. The maximum atomic E-state index is 14.9. The Morgan fingerprint density at radius 2 is 1.73 bits per heavy atom. The molecule has 2 unspecified atom stereocenters. The van der Waals surface area contributed by atoms with Crippen molar-refractivity contribution in [1.29, 1.82) is 5.26 Å². The number of rotatable bonds is 2. The highest BCUT2D eigenvalue weighted by atomic mass is 19.1. The van der Waals surface area contributed by atoms with Crippen LogP contribution in [-0.2, 0) is 9.31 Å². The van der Waals surface area contributed by atoms with E-state index in [1.807, 2.05) is 27.7 Å². The summed E-state index contributed by atoms with van der Waals surface area (Å²) in [5.74, 6) is -2.82. The second kappa shape index (κ2) is 6.00. The van der Waals surface area contributed by atoms with Crippen LogP contribution in [0.5, 0.6) is 0 Å². The van der Waals surface area contributed by atoms with Crippen LogP contribution in [0, 0.1) is 17.1 Å². The van der Waals surface area contributed by atoms with Crippen LogP contribution in [0.1, 0.15) is 39.2 Å². The summed E-state index contributed by atoms with van der Waals surface area (Å²) < 4.78 is 54.6. The third kappa shape index (κ3) is 2.98. The van der Waals surface area contributed by atoms with Gasteiger partial charge in [-0.15, -0.1) is 0 Å². The summed E-state index contributed by atoms with van der Waals surface area (Å²) >= 11 is 0. The van der Waals surface area contributed by atoms with Gasteiger partial charge in [-0.25, -0.2) is 13.2 Å². The third-order valence-electron chi connectivity index (χ3n) is 5.30. The minimum atomic E-state index is -2.67. The third-order valence-corrected chi connectivity index (χ3v) is 5.30. The van der Waals surface area contributed by atoms with Crippen LogP contribution in [0.25, 0.3) is 0 Å². The van der Waals surface area contributed by atoms with Crippen LogP contribution >= 0.6 is 0 Å². The van der Waals surface area contributed by atoms with Gasteiger partial charge in [-0.1, -0.05) is 18.2 Å². The van der Waals surface area contributed by atoms with E-state index in [-0.39, 0.29) is 5.56 Å². The Balaban J connectivity index is 2.00. The average molecular weight is 361 g/mol. The first-order valence-corrected chi connectivity index (χ1v) is 8.31. The van der Waals surface area contributed by atoms with Gasteiger partial charge < -0.3 is 9.31 Å². The highest BCUT2D eigenvalue weighted by Gasteiger charge is 2.52. The summed E-state index contributed by atoms with van der Waals surface area (Å²) in [4.78, 5) is 0. The highest BCUT2D eigenvalue weighted by molar-refractivity contribution is 6.62. The van der Waals surface area contributed by atoms with Gasteiger partial charge in [-0.05, 0) is 50.9 Å². The lowest BCUT2D eigenvalue weighted by Crippen LogP contribution is -2.41. The molecule has 1 saturated heterocycles. The van der Waals surface area contributed by atoms with E-state index in [2.05, 4.69) is 0 Å². The molecule has 3 nitrogen and oxygen atoms in total. The molecular formula is C19H19BF3NO2. The zero-order valence-electron chi connectivity index (χ0n) is 15.0. The first-order chi connectivity index (χ1) is 12.0. The fourth-order valence-electron chi connectivity index (χ4n) is 3.02. The van der Waals surface area contributed by atoms with Crippen LogP contribution < -0.4 is 5.46 Å². The monoisotopic (exact) mass is 361 g/mol. The van der Waals surface area contributed by atoms with E-state index in [9.17, 15) is 13.2 Å². The van der Waals surface area contributed by atoms with Crippen molar-refractivity contribution in [2.24, 2.45) is 0 Å². The minimum Gasteiger partial charge on any atom is -0.399 e. The maximum absolute atomic E-state index is 14.9. The quantitative estimate of drug-likeness (QED) is 0.752. The normalized spacial score (nSPS) is 29.4. The van der Waals surface area contributed by atoms with Gasteiger partial charge in [0.25, 0.3) is 0 Å². The summed E-state index contributed by atoms with van der Waals surface area (Å²) in [5.41, 5.74) is -3.39. The second-order valence-corrected chi connectivity index (χ2v) is 7.62. The molecule has 0 aromatic heterocycles. The molecule has 1 heterocycles. The molecule has 3 rings (SSSR count). The van der Waals surface area contributed by atoms with Gasteiger partial charge in [-0.3, -0.25) is 0 Å². The van der Waals surface area contributed by atoms with Crippen molar-refractivity contribution in [1.82, 2.24) is 0 Å². The van der Waals surface area contributed by atoms with Crippen molar-refractivity contribution >= 4 is 12.6 Å². The lowest BCUT2D eigenvalue weighted by molar-refractivity contribution is 0.00578. The Bertz CT molecular complexity index is 828. The summed E-state index contributed by atoms with van der Waals surface area (Å²) in [6.45, 7) is 7.54. The molecule has 7 heteroatoms. The van der Waals surface area contributed by atoms with E-state index in [1.165, 1.54) is 24.3 Å². The molecule has 1 aromatic rings. The Morgan fingerprint density at radius 3 is 2.31 bits per heavy atom. The average Bonchev–Trinajstić information content (AvgIpc) is 2.76. The molecule has 2 atom stereocenters. The van der Waals surface area contributed by atoms with Gasteiger partial charge in [0.15, 0.2) is 0 Å². The van der Waals surface area contributed by atoms with Gasteiger partial charge in [0.1, 0.15) is 17.7 Å². The van der Waals surface area contributed by atoms with Gasteiger partial charge in [0.05, 0.1) is 17.1 Å². The SMILES string of the molecule is CC1(C)OB(c2ccc(F)c(C3C=CC(F)=CC3(F)C#N)c2)OC1(C)C. The molecule has 0 spiro atoms. The van der Waals surface area contributed by atoms with Crippen molar-refractivity contribution in [3.63, 3.8) is 0 Å². The topological polar surface area (TPSA) is 42.2 Å². The summed E-state index contributed by atoms with van der Waals surface area (Å²) in [7, 11) is -0.754. The summed E-state index contributed by atoms with van der Waals surface area (Å²) in [6.07, 6.45) is 2.75. The number of hydrogen-bond acceptors (Lipinski definition) is 3. The maximum Gasteiger partial charge on any atom is 0.494 e. The molecule has 2 aliphatic rings. The number of halogens is 3. The van der Waals surface area contributed by atoms with Gasteiger partial charge in [0, 0.05) is 6.08 Å². The van der Waals surface area contributed by atoms with Crippen LogP contribution in [0.4, 0.5) is 13.2 Å². The number of benzene rings is 1. The van der Waals surface area contributed by atoms with Crippen molar-refractivity contribution in [2.45, 2.75) is 50.5 Å². The van der Waals surface area contributed by atoms with Gasteiger partial charge in [0.2, 0.25) is 5.67 Å². The van der Waals surface area contributed by atoms with E-state index in [0.29, 0.717) is 11.5 Å². The first-order valence-electron chi connectivity index (χ1n) is 8.31. The van der Waals surface area contributed by atoms with Crippen LogP contribution in [0.2, 0.25) is 0 Å². The molecule has 1 aromatic carbocycles. The van der Waals surface area contributed by atoms with E-state index in [0.717, 1.165) is 12.2 Å². The van der Waals surface area contributed by atoms with E-state index < -0.39 is 41.6 Å². The van der Waals surface area contributed by atoms with E-state index in [1.54, 1.807) is 0 Å². The summed E-state index contributed by atoms with van der Waals surface area (Å²) in [6, 6.07) is 5.52. The molecule has 1 aliphatic carbocycles. The second-order valence-electron chi connectivity index (χ2n) is 7.62. The Morgan fingerprint density at radius 1 is 1.12 bits per heavy atom. The molecule has 1 aliphatic heterocycles. The fourth-order valence-corrected chi connectivity index (χ4v) is 3.02. The van der Waals surface area contributed by atoms with Crippen molar-refractivity contribution in [3.05, 3.63) is 53.6 Å². The van der Waals surface area contributed by atoms with Crippen LogP contribution in [-0.4, -0.2) is 24.0 Å². The van der Waals surface area contributed by atoms with E-state index in [4.69, 9.17) is 14.6 Å². The number of nitrogens with zero attached hydrogens (tertiary/aromatic N) is 1. The molecule has 0 amide bonds. The predicted octanol–water partition coefficient (Wildman–Crippen LogP) is 3.86. The fraction of sp³-hybridized carbons (Fsp3) is 0.421. The molecular weight excluding hydrogens is 342 g/mol. The molecule has 0 bridgehead atoms. The standard InChI is InChI=1S/C19H19BF3NO2/c1-17(2)18(3,4)26-20(25-17)12-5-8-16(22)14(9-12)15-7-6-13(21)10-19(15,23)11-24/h5-10,15H,1-4H3. The smallest absolute Gasteiger partial charge is 0.399 e. The molecule has 0 radical (unpaired) electrons. The predicted molar refractivity (Wildman–Crippen MR) is 92.6 cm³/mol. The highest BCUT2D eigenvalue weighted by Crippen LogP contribution is 2.40. The minimum absolute atomic E-state index is 0.0544. The lowest BCUT2D eigenvalue weighted by Gasteiger charge is -2.32. The van der Waals surface area contributed by atoms with Crippen LogP contribution in [0.15, 0.2) is 42.3 Å². The Labute approximate surface area is 151 Å². The molecule has 26 heavy (non-hydrogen) atoms. The van der Waals surface area contributed by atoms with Gasteiger partial charge in [-0.2, -0.15) is 5.26 Å². The number of nitriles is 1. The largest absolute Gasteiger partial charge is 0.494 e. The molecule has 0 N–H and O–H groups in total. The van der Waals surface area contributed by atoms with Gasteiger partial charge >= 0.3 is 7.12 Å². The zero-order valence-corrected chi connectivity index (χ0v) is 15.0. The Hall–Kier alpha value is -2.04. The Kier molecular flexibility index (Phi) is 4.33. The molecule has 1 fully saturated rings. The van der Waals surface area contributed by atoms with Crippen LogP contribution in [0.3, 0.4) is 0 Å². The number of alkyl halides is 1. The first kappa shape index (κ1) is 18.7. The molecule has 136 valence electrons.